The van der Waals surface area contributed by atoms with E-state index >= 15 is 0 Å². The van der Waals surface area contributed by atoms with Crippen LogP contribution in [0.25, 0.3) is 0 Å². The first-order chi connectivity index (χ1) is 14.1. The maximum absolute atomic E-state index is 6.54. The second-order valence-electron chi connectivity index (χ2n) is 6.73. The van der Waals surface area contributed by atoms with E-state index in [2.05, 4.69) is 24.4 Å². The zero-order valence-corrected chi connectivity index (χ0v) is 18.1. The van der Waals surface area contributed by atoms with E-state index in [1.54, 1.807) is 0 Å². The third-order valence-corrected chi connectivity index (χ3v) is 5.26. The monoisotopic (exact) mass is 429 g/mol. The Balaban J connectivity index is 1.72. The van der Waals surface area contributed by atoms with Gasteiger partial charge in [0.25, 0.3) is 0 Å². The van der Waals surface area contributed by atoms with Gasteiger partial charge in [0.05, 0.1) is 11.6 Å². The summed E-state index contributed by atoms with van der Waals surface area (Å²) in [6.45, 7) is 5.59. The molecule has 0 aromatic heterocycles. The maximum Gasteiger partial charge on any atom is 0.180 e. The van der Waals surface area contributed by atoms with Crippen molar-refractivity contribution in [2.75, 3.05) is 6.61 Å². The van der Waals surface area contributed by atoms with Gasteiger partial charge in [-0.2, -0.15) is 0 Å². The quantitative estimate of drug-likeness (QED) is 0.404. The van der Waals surface area contributed by atoms with Crippen molar-refractivity contribution in [3.63, 3.8) is 0 Å². The Labute approximate surface area is 182 Å². The van der Waals surface area contributed by atoms with Crippen LogP contribution in [0.5, 0.6) is 11.5 Å². The molecule has 0 saturated heterocycles. The van der Waals surface area contributed by atoms with E-state index in [0.29, 0.717) is 41.3 Å². The zero-order valence-electron chi connectivity index (χ0n) is 16.6. The SMILES string of the molecule is CCOc1cc(CNC(C)c2ccccc2)cc(Cl)c1OCc1ccccc1Cl. The lowest BCUT2D eigenvalue weighted by molar-refractivity contribution is 0.269. The summed E-state index contributed by atoms with van der Waals surface area (Å²) in [5.41, 5.74) is 3.17. The molecule has 1 unspecified atom stereocenters. The predicted molar refractivity (Wildman–Crippen MR) is 120 cm³/mol. The van der Waals surface area contributed by atoms with Crippen LogP contribution in [0.3, 0.4) is 0 Å². The lowest BCUT2D eigenvalue weighted by Gasteiger charge is -2.18. The molecule has 3 nitrogen and oxygen atoms in total. The molecule has 152 valence electrons. The molecule has 0 heterocycles. The molecule has 3 aromatic rings. The minimum absolute atomic E-state index is 0.224. The van der Waals surface area contributed by atoms with Gasteiger partial charge in [-0.05, 0) is 43.2 Å². The fourth-order valence-corrected chi connectivity index (χ4v) is 3.50. The fraction of sp³-hybridized carbons (Fsp3) is 0.250. The van der Waals surface area contributed by atoms with Crippen molar-refractivity contribution in [1.82, 2.24) is 5.32 Å². The number of halogens is 2. The standard InChI is InChI=1S/C24H25Cl2NO2/c1-3-28-23-14-18(15-27-17(2)19-9-5-4-6-10-19)13-22(26)24(23)29-16-20-11-7-8-12-21(20)25/h4-14,17,27H,3,15-16H2,1-2H3. The van der Waals surface area contributed by atoms with Crippen molar-refractivity contribution in [3.8, 4) is 11.5 Å². The number of hydrogen-bond acceptors (Lipinski definition) is 3. The van der Waals surface area contributed by atoms with Crippen LogP contribution in [0.4, 0.5) is 0 Å². The summed E-state index contributed by atoms with van der Waals surface area (Å²) in [4.78, 5) is 0. The number of nitrogens with one attached hydrogen (secondary N) is 1. The first kappa shape index (κ1) is 21.5. The average Bonchev–Trinajstić information content (AvgIpc) is 2.73. The summed E-state index contributed by atoms with van der Waals surface area (Å²) in [5.74, 6) is 1.17. The molecule has 0 spiro atoms. The van der Waals surface area contributed by atoms with Crippen LogP contribution in [0.15, 0.2) is 66.7 Å². The molecule has 1 N–H and O–H groups in total. The van der Waals surface area contributed by atoms with Crippen molar-refractivity contribution in [2.24, 2.45) is 0 Å². The normalized spacial score (nSPS) is 11.9. The molecule has 3 rings (SSSR count). The van der Waals surface area contributed by atoms with E-state index < -0.39 is 0 Å². The molecule has 0 aliphatic carbocycles. The third-order valence-electron chi connectivity index (χ3n) is 4.61. The number of hydrogen-bond donors (Lipinski definition) is 1. The highest BCUT2D eigenvalue weighted by Crippen LogP contribution is 2.37. The van der Waals surface area contributed by atoms with Gasteiger partial charge >= 0.3 is 0 Å². The van der Waals surface area contributed by atoms with Crippen LogP contribution in [0.2, 0.25) is 10.0 Å². The Morgan fingerprint density at radius 1 is 0.897 bits per heavy atom. The predicted octanol–water partition coefficient (Wildman–Crippen LogP) is 6.82. The van der Waals surface area contributed by atoms with Crippen LogP contribution >= 0.6 is 23.2 Å². The van der Waals surface area contributed by atoms with Crippen LogP contribution in [0.1, 0.15) is 36.6 Å². The van der Waals surface area contributed by atoms with Crippen LogP contribution in [-0.4, -0.2) is 6.61 Å². The first-order valence-electron chi connectivity index (χ1n) is 9.68. The smallest absolute Gasteiger partial charge is 0.180 e. The molecule has 5 heteroatoms. The van der Waals surface area contributed by atoms with Crippen LogP contribution in [0, 0.1) is 0 Å². The van der Waals surface area contributed by atoms with E-state index in [4.69, 9.17) is 32.7 Å². The van der Waals surface area contributed by atoms with E-state index in [-0.39, 0.29) is 6.04 Å². The summed E-state index contributed by atoms with van der Waals surface area (Å²) < 4.78 is 11.8. The molecule has 1 atom stereocenters. The zero-order chi connectivity index (χ0) is 20.6. The Morgan fingerprint density at radius 2 is 1.62 bits per heavy atom. The average molecular weight is 430 g/mol. The van der Waals surface area contributed by atoms with Crippen LogP contribution < -0.4 is 14.8 Å². The second-order valence-corrected chi connectivity index (χ2v) is 7.55. The number of benzene rings is 3. The summed E-state index contributed by atoms with van der Waals surface area (Å²) in [5, 5.41) is 4.71. The van der Waals surface area contributed by atoms with Gasteiger partial charge in [-0.15, -0.1) is 0 Å². The molecule has 0 radical (unpaired) electrons. The van der Waals surface area contributed by atoms with Gasteiger partial charge in [-0.3, -0.25) is 0 Å². The highest BCUT2D eigenvalue weighted by molar-refractivity contribution is 6.32. The lowest BCUT2D eigenvalue weighted by Crippen LogP contribution is -2.18. The van der Waals surface area contributed by atoms with E-state index in [1.165, 1.54) is 5.56 Å². The second kappa shape index (κ2) is 10.5. The highest BCUT2D eigenvalue weighted by Gasteiger charge is 2.14. The van der Waals surface area contributed by atoms with E-state index in [1.807, 2.05) is 61.5 Å². The van der Waals surface area contributed by atoms with Crippen molar-refractivity contribution < 1.29 is 9.47 Å². The molecule has 0 saturated carbocycles. The molecular formula is C24H25Cl2NO2. The van der Waals surface area contributed by atoms with E-state index in [9.17, 15) is 0 Å². The van der Waals surface area contributed by atoms with E-state index in [0.717, 1.165) is 11.1 Å². The van der Waals surface area contributed by atoms with Gasteiger partial charge < -0.3 is 14.8 Å². The van der Waals surface area contributed by atoms with Gasteiger partial charge in [-0.25, -0.2) is 0 Å². The molecule has 0 aliphatic heterocycles. The minimum atomic E-state index is 0.224. The lowest BCUT2D eigenvalue weighted by atomic mass is 10.1. The summed E-state index contributed by atoms with van der Waals surface area (Å²) in [7, 11) is 0. The molecule has 0 fully saturated rings. The molecule has 29 heavy (non-hydrogen) atoms. The molecule has 0 amide bonds. The van der Waals surface area contributed by atoms with Gasteiger partial charge in [0.15, 0.2) is 11.5 Å². The maximum atomic E-state index is 6.54. The van der Waals surface area contributed by atoms with Gasteiger partial charge in [0, 0.05) is 23.2 Å². The molecule has 0 bridgehead atoms. The topological polar surface area (TPSA) is 30.5 Å². The Hall–Kier alpha value is -2.20. The van der Waals surface area contributed by atoms with Crippen molar-refractivity contribution in [1.29, 1.82) is 0 Å². The molecule has 0 aliphatic rings. The van der Waals surface area contributed by atoms with Gasteiger partial charge in [0.2, 0.25) is 0 Å². The molecule has 3 aromatic carbocycles. The Bertz CT molecular complexity index is 931. The first-order valence-corrected chi connectivity index (χ1v) is 10.4. The number of rotatable bonds is 9. The number of ether oxygens (including phenoxy) is 2. The van der Waals surface area contributed by atoms with Gasteiger partial charge in [-0.1, -0.05) is 71.7 Å². The van der Waals surface area contributed by atoms with Crippen molar-refractivity contribution >= 4 is 23.2 Å². The molecular weight excluding hydrogens is 405 g/mol. The fourth-order valence-electron chi connectivity index (χ4n) is 3.02. The van der Waals surface area contributed by atoms with Gasteiger partial charge in [0.1, 0.15) is 6.61 Å². The Morgan fingerprint density at radius 3 is 2.34 bits per heavy atom. The van der Waals surface area contributed by atoms with Crippen LogP contribution in [-0.2, 0) is 13.2 Å². The summed E-state index contributed by atoms with van der Waals surface area (Å²) in [6, 6.07) is 22.0. The van der Waals surface area contributed by atoms with Crippen molar-refractivity contribution in [3.05, 3.63) is 93.5 Å². The largest absolute Gasteiger partial charge is 0.490 e. The summed E-state index contributed by atoms with van der Waals surface area (Å²) >= 11 is 12.8. The van der Waals surface area contributed by atoms with Crippen molar-refractivity contribution in [2.45, 2.75) is 33.0 Å². The minimum Gasteiger partial charge on any atom is -0.490 e. The Kier molecular flexibility index (Phi) is 7.82. The summed E-state index contributed by atoms with van der Waals surface area (Å²) in [6.07, 6.45) is 0. The third kappa shape index (κ3) is 5.89. The highest BCUT2D eigenvalue weighted by atomic mass is 35.5.